The lowest BCUT2D eigenvalue weighted by molar-refractivity contribution is 0.0659. The quantitative estimate of drug-likeness (QED) is 0.816. The van der Waals surface area contributed by atoms with E-state index in [1.54, 1.807) is 6.92 Å². The fourth-order valence-corrected chi connectivity index (χ4v) is 1.23. The minimum atomic E-state index is -1.23. The first-order valence-electron chi connectivity index (χ1n) is 4.97. The topological polar surface area (TPSA) is 118 Å². The molecule has 0 fully saturated rings. The molecule has 0 aliphatic heterocycles. The summed E-state index contributed by atoms with van der Waals surface area (Å²) in [5, 5.41) is 14.6. The van der Waals surface area contributed by atoms with Gasteiger partial charge in [-0.15, -0.1) is 0 Å². The molecule has 0 unspecified atom stereocenters. The van der Waals surface area contributed by atoms with Gasteiger partial charge in [0.2, 0.25) is 11.7 Å². The lowest BCUT2D eigenvalue weighted by Gasteiger charge is -1.98. The van der Waals surface area contributed by atoms with Crippen LogP contribution in [-0.4, -0.2) is 27.1 Å². The molecule has 0 aromatic carbocycles. The fourth-order valence-electron chi connectivity index (χ4n) is 1.23. The summed E-state index contributed by atoms with van der Waals surface area (Å²) in [7, 11) is 0. The Labute approximate surface area is 101 Å². The average Bonchev–Trinajstić information content (AvgIpc) is 2.94. The van der Waals surface area contributed by atoms with E-state index < -0.39 is 11.9 Å². The summed E-state index contributed by atoms with van der Waals surface area (Å²) in [5.41, 5.74) is 0. The Balaban J connectivity index is 1.97. The number of carbonyl (C=O) groups excluding carboxylic acids is 1. The second-order valence-electron chi connectivity index (χ2n) is 3.39. The van der Waals surface area contributed by atoms with E-state index in [0.717, 1.165) is 0 Å². The SMILES string of the molecule is Cc1noc(CNC(=O)c2ccc(C(=O)O)o2)n1. The molecule has 2 heterocycles. The molecule has 0 aliphatic carbocycles. The van der Waals surface area contributed by atoms with Crippen LogP contribution < -0.4 is 5.32 Å². The Kier molecular flexibility index (Phi) is 3.09. The minimum Gasteiger partial charge on any atom is -0.475 e. The molecule has 1 amide bonds. The Bertz CT molecular complexity index is 586. The molecule has 8 nitrogen and oxygen atoms in total. The van der Waals surface area contributed by atoms with Crippen molar-refractivity contribution >= 4 is 11.9 Å². The van der Waals surface area contributed by atoms with Gasteiger partial charge in [0.1, 0.15) is 0 Å². The molecule has 2 rings (SSSR count). The molecule has 8 heteroatoms. The molecule has 94 valence electrons. The van der Waals surface area contributed by atoms with Gasteiger partial charge in [-0.25, -0.2) is 4.79 Å². The molecular weight excluding hydrogens is 242 g/mol. The molecule has 2 aromatic heterocycles. The number of carbonyl (C=O) groups is 2. The van der Waals surface area contributed by atoms with Gasteiger partial charge in [-0.05, 0) is 19.1 Å². The highest BCUT2D eigenvalue weighted by atomic mass is 16.5. The summed E-state index contributed by atoms with van der Waals surface area (Å²) in [6.45, 7) is 1.70. The number of carboxylic acid groups (broad SMARTS) is 1. The van der Waals surface area contributed by atoms with E-state index in [4.69, 9.17) is 14.0 Å². The van der Waals surface area contributed by atoms with E-state index in [1.807, 2.05) is 0 Å². The van der Waals surface area contributed by atoms with Crippen molar-refractivity contribution in [1.29, 1.82) is 0 Å². The number of amides is 1. The van der Waals surface area contributed by atoms with Crippen LogP contribution in [0.4, 0.5) is 0 Å². The maximum absolute atomic E-state index is 11.6. The van der Waals surface area contributed by atoms with Gasteiger partial charge in [0.25, 0.3) is 5.91 Å². The smallest absolute Gasteiger partial charge is 0.371 e. The van der Waals surface area contributed by atoms with Crippen molar-refractivity contribution < 1.29 is 23.6 Å². The summed E-state index contributed by atoms with van der Waals surface area (Å²) in [4.78, 5) is 26.0. The maximum Gasteiger partial charge on any atom is 0.371 e. The predicted molar refractivity (Wildman–Crippen MR) is 55.9 cm³/mol. The van der Waals surface area contributed by atoms with Crippen LogP contribution in [0.2, 0.25) is 0 Å². The first-order chi connectivity index (χ1) is 8.56. The molecule has 0 bridgehead atoms. The Hall–Kier alpha value is -2.64. The van der Waals surface area contributed by atoms with E-state index in [1.165, 1.54) is 12.1 Å². The largest absolute Gasteiger partial charge is 0.475 e. The highest BCUT2D eigenvalue weighted by Crippen LogP contribution is 2.07. The van der Waals surface area contributed by atoms with Crippen molar-refractivity contribution in [2.45, 2.75) is 13.5 Å². The first kappa shape index (κ1) is 11.8. The number of carboxylic acids is 1. The number of hydrogen-bond donors (Lipinski definition) is 2. The normalized spacial score (nSPS) is 10.3. The predicted octanol–water partition coefficient (Wildman–Crippen LogP) is 0.599. The van der Waals surface area contributed by atoms with Crippen LogP contribution in [-0.2, 0) is 6.54 Å². The van der Waals surface area contributed by atoms with Gasteiger partial charge < -0.3 is 19.4 Å². The van der Waals surface area contributed by atoms with Crippen molar-refractivity contribution in [2.75, 3.05) is 0 Å². The summed E-state index contributed by atoms with van der Waals surface area (Å²) in [6.07, 6.45) is 0. The van der Waals surface area contributed by atoms with Crippen LogP contribution in [0.25, 0.3) is 0 Å². The van der Waals surface area contributed by atoms with Crippen molar-refractivity contribution in [3.63, 3.8) is 0 Å². The van der Waals surface area contributed by atoms with Gasteiger partial charge in [-0.3, -0.25) is 4.79 Å². The van der Waals surface area contributed by atoms with Crippen LogP contribution >= 0.6 is 0 Å². The minimum absolute atomic E-state index is 0.0444. The van der Waals surface area contributed by atoms with E-state index in [-0.39, 0.29) is 24.0 Å². The van der Waals surface area contributed by atoms with Crippen LogP contribution in [0.3, 0.4) is 0 Å². The number of hydrogen-bond acceptors (Lipinski definition) is 6. The summed E-state index contributed by atoms with van der Waals surface area (Å²) < 4.78 is 9.62. The van der Waals surface area contributed by atoms with Gasteiger partial charge in [-0.1, -0.05) is 5.16 Å². The maximum atomic E-state index is 11.6. The van der Waals surface area contributed by atoms with E-state index in [9.17, 15) is 9.59 Å². The lowest BCUT2D eigenvalue weighted by Crippen LogP contribution is -2.22. The molecular formula is C10H9N3O5. The second-order valence-corrected chi connectivity index (χ2v) is 3.39. The highest BCUT2D eigenvalue weighted by molar-refractivity contribution is 5.93. The third-order valence-corrected chi connectivity index (χ3v) is 2.01. The van der Waals surface area contributed by atoms with Gasteiger partial charge in [0.05, 0.1) is 6.54 Å². The van der Waals surface area contributed by atoms with Gasteiger partial charge in [-0.2, -0.15) is 4.98 Å². The van der Waals surface area contributed by atoms with E-state index in [2.05, 4.69) is 15.5 Å². The highest BCUT2D eigenvalue weighted by Gasteiger charge is 2.15. The van der Waals surface area contributed by atoms with Crippen LogP contribution in [0, 0.1) is 6.92 Å². The number of aromatic carboxylic acids is 1. The van der Waals surface area contributed by atoms with Crippen LogP contribution in [0.1, 0.15) is 32.8 Å². The van der Waals surface area contributed by atoms with Gasteiger partial charge >= 0.3 is 5.97 Å². The van der Waals surface area contributed by atoms with Crippen molar-refractivity contribution in [3.8, 4) is 0 Å². The number of nitrogens with one attached hydrogen (secondary N) is 1. The zero-order valence-corrected chi connectivity index (χ0v) is 9.34. The summed E-state index contributed by atoms with van der Waals surface area (Å²) >= 11 is 0. The Morgan fingerprint density at radius 3 is 2.67 bits per heavy atom. The zero-order chi connectivity index (χ0) is 13.1. The molecule has 0 saturated heterocycles. The number of rotatable bonds is 4. The standard InChI is InChI=1S/C10H9N3O5/c1-5-12-8(18-13-5)4-11-9(14)6-2-3-7(17-6)10(15)16/h2-3H,4H2,1H3,(H,11,14)(H,15,16). The molecule has 0 radical (unpaired) electrons. The van der Waals surface area contributed by atoms with Crippen molar-refractivity contribution in [2.24, 2.45) is 0 Å². The molecule has 2 N–H and O–H groups in total. The zero-order valence-electron chi connectivity index (χ0n) is 9.34. The Morgan fingerprint density at radius 2 is 2.11 bits per heavy atom. The summed E-state index contributed by atoms with van der Waals surface area (Å²) in [6, 6.07) is 2.48. The third kappa shape index (κ3) is 2.54. The first-order valence-corrected chi connectivity index (χ1v) is 4.97. The molecule has 0 atom stereocenters. The van der Waals surface area contributed by atoms with E-state index in [0.29, 0.717) is 5.82 Å². The van der Waals surface area contributed by atoms with Crippen molar-refractivity contribution in [3.05, 3.63) is 35.4 Å². The number of aromatic nitrogens is 2. The van der Waals surface area contributed by atoms with Gasteiger partial charge in [0.15, 0.2) is 11.6 Å². The lowest BCUT2D eigenvalue weighted by atomic mass is 10.4. The van der Waals surface area contributed by atoms with Crippen LogP contribution in [0.5, 0.6) is 0 Å². The number of nitrogens with zero attached hydrogens (tertiary/aromatic N) is 2. The van der Waals surface area contributed by atoms with E-state index >= 15 is 0 Å². The fraction of sp³-hybridized carbons (Fsp3) is 0.200. The molecule has 0 spiro atoms. The molecule has 2 aromatic rings. The average molecular weight is 251 g/mol. The van der Waals surface area contributed by atoms with Crippen LogP contribution in [0.15, 0.2) is 21.1 Å². The second kappa shape index (κ2) is 4.70. The Morgan fingerprint density at radius 1 is 1.39 bits per heavy atom. The number of aryl methyl sites for hydroxylation is 1. The third-order valence-electron chi connectivity index (χ3n) is 2.01. The molecule has 0 aliphatic rings. The molecule has 18 heavy (non-hydrogen) atoms. The summed E-state index contributed by atoms with van der Waals surface area (Å²) in [5.74, 6) is -1.46. The van der Waals surface area contributed by atoms with Crippen molar-refractivity contribution in [1.82, 2.24) is 15.5 Å². The molecule has 0 saturated carbocycles. The monoisotopic (exact) mass is 251 g/mol. The number of furan rings is 1. The van der Waals surface area contributed by atoms with Gasteiger partial charge in [0, 0.05) is 0 Å².